The van der Waals surface area contributed by atoms with E-state index in [-0.39, 0.29) is 22.1 Å². The van der Waals surface area contributed by atoms with Crippen molar-refractivity contribution in [3.05, 3.63) is 30.1 Å². The van der Waals surface area contributed by atoms with Crippen LogP contribution in [-0.4, -0.2) is 26.8 Å². The third kappa shape index (κ3) is 4.28. The van der Waals surface area contributed by atoms with E-state index in [0.717, 1.165) is 0 Å². The van der Waals surface area contributed by atoms with Crippen LogP contribution in [0.5, 0.6) is 0 Å². The Morgan fingerprint density at radius 3 is 2.32 bits per heavy atom. The third-order valence-corrected chi connectivity index (χ3v) is 4.83. The second-order valence-electron chi connectivity index (χ2n) is 5.69. The molecule has 1 atom stereocenters. The van der Waals surface area contributed by atoms with Crippen molar-refractivity contribution in [1.82, 2.24) is 5.32 Å². The van der Waals surface area contributed by atoms with E-state index in [4.69, 9.17) is 0 Å². The number of benzene rings is 1. The summed E-state index contributed by atoms with van der Waals surface area (Å²) < 4.78 is 38.2. The van der Waals surface area contributed by atoms with Gasteiger partial charge in [0.05, 0.1) is 5.75 Å². The molecule has 1 N–H and O–H groups in total. The molecule has 0 aromatic heterocycles. The Labute approximate surface area is 115 Å². The van der Waals surface area contributed by atoms with Crippen LogP contribution in [0.2, 0.25) is 0 Å². The minimum absolute atomic E-state index is 0.106. The van der Waals surface area contributed by atoms with E-state index in [2.05, 4.69) is 5.32 Å². The number of hydrogen-bond acceptors (Lipinski definition) is 3. The maximum absolute atomic E-state index is 13.6. The van der Waals surface area contributed by atoms with Crippen molar-refractivity contribution in [1.29, 1.82) is 0 Å². The van der Waals surface area contributed by atoms with Gasteiger partial charge in [0, 0.05) is 6.04 Å². The van der Waals surface area contributed by atoms with E-state index in [0.29, 0.717) is 6.54 Å². The van der Waals surface area contributed by atoms with E-state index in [1.54, 1.807) is 0 Å². The fraction of sp³-hybridized carbons (Fsp3) is 0.571. The zero-order chi connectivity index (χ0) is 14.7. The van der Waals surface area contributed by atoms with Crippen molar-refractivity contribution in [3.63, 3.8) is 0 Å². The summed E-state index contributed by atoms with van der Waals surface area (Å²) in [7, 11) is -3.63. The zero-order valence-electron chi connectivity index (χ0n) is 11.9. The summed E-state index contributed by atoms with van der Waals surface area (Å²) in [5.74, 6) is -0.794. The van der Waals surface area contributed by atoms with Crippen LogP contribution >= 0.6 is 0 Å². The van der Waals surface area contributed by atoms with Crippen molar-refractivity contribution in [2.45, 2.75) is 38.6 Å². The molecule has 0 aliphatic carbocycles. The molecule has 0 bridgehead atoms. The van der Waals surface area contributed by atoms with Gasteiger partial charge in [-0.3, -0.25) is 0 Å². The number of hydrogen-bond donors (Lipinski definition) is 1. The predicted octanol–water partition coefficient (Wildman–Crippen LogP) is 2.62. The average Bonchev–Trinajstić information content (AvgIpc) is 2.27. The monoisotopic (exact) mass is 287 g/mol. The van der Waals surface area contributed by atoms with Gasteiger partial charge >= 0.3 is 0 Å². The molecule has 0 saturated carbocycles. The Morgan fingerprint density at radius 2 is 1.84 bits per heavy atom. The van der Waals surface area contributed by atoms with Gasteiger partial charge < -0.3 is 5.32 Å². The lowest BCUT2D eigenvalue weighted by molar-refractivity contribution is 0.292. The van der Waals surface area contributed by atoms with Gasteiger partial charge in [-0.2, -0.15) is 0 Å². The van der Waals surface area contributed by atoms with Crippen molar-refractivity contribution in [2.24, 2.45) is 5.41 Å². The number of rotatable bonds is 5. The lowest BCUT2D eigenvalue weighted by atomic mass is 9.88. The van der Waals surface area contributed by atoms with Crippen LogP contribution in [0, 0.1) is 11.2 Å². The molecule has 0 amide bonds. The number of sulfone groups is 1. The molecule has 108 valence electrons. The van der Waals surface area contributed by atoms with Gasteiger partial charge in [-0.15, -0.1) is 0 Å². The molecule has 0 saturated heterocycles. The molecule has 19 heavy (non-hydrogen) atoms. The summed E-state index contributed by atoms with van der Waals surface area (Å²) in [5, 5.41) is 3.17. The highest BCUT2D eigenvalue weighted by Gasteiger charge is 2.30. The van der Waals surface area contributed by atoms with E-state index in [1.165, 1.54) is 24.3 Å². The largest absolute Gasteiger partial charge is 0.313 e. The van der Waals surface area contributed by atoms with E-state index < -0.39 is 15.7 Å². The average molecular weight is 287 g/mol. The smallest absolute Gasteiger partial charge is 0.182 e. The molecule has 1 unspecified atom stereocenters. The Morgan fingerprint density at radius 1 is 1.26 bits per heavy atom. The Balaban J connectivity index is 3.05. The number of nitrogens with one attached hydrogen (secondary N) is 1. The van der Waals surface area contributed by atoms with Crippen LogP contribution < -0.4 is 5.32 Å². The summed E-state index contributed by atoms with van der Waals surface area (Å²) in [5.41, 5.74) is -0.214. The first-order valence-corrected chi connectivity index (χ1v) is 8.04. The van der Waals surface area contributed by atoms with Crippen LogP contribution in [0.25, 0.3) is 0 Å². The Kier molecular flexibility index (Phi) is 5.10. The first-order valence-electron chi connectivity index (χ1n) is 6.39. The van der Waals surface area contributed by atoms with Crippen molar-refractivity contribution < 1.29 is 12.8 Å². The normalized spacial score (nSPS) is 14.4. The fourth-order valence-corrected chi connectivity index (χ4v) is 3.75. The topological polar surface area (TPSA) is 46.2 Å². The highest BCUT2D eigenvalue weighted by atomic mass is 32.2. The van der Waals surface area contributed by atoms with Crippen LogP contribution in [0.1, 0.15) is 27.7 Å². The molecule has 1 aromatic carbocycles. The highest BCUT2D eigenvalue weighted by molar-refractivity contribution is 7.91. The van der Waals surface area contributed by atoms with Crippen molar-refractivity contribution in [3.8, 4) is 0 Å². The molecule has 0 radical (unpaired) electrons. The standard InChI is InChI=1S/C14H22FNO2S/c1-5-16-13(14(2,3)4)10-19(17,18)12-9-7-6-8-11(12)15/h6-9,13,16H,5,10H2,1-4H3. The second-order valence-corrected chi connectivity index (χ2v) is 7.69. The molecule has 3 nitrogen and oxygen atoms in total. The number of halogens is 1. The Hall–Kier alpha value is -0.940. The lowest BCUT2D eigenvalue weighted by Gasteiger charge is -2.31. The van der Waals surface area contributed by atoms with E-state index >= 15 is 0 Å². The van der Waals surface area contributed by atoms with Crippen LogP contribution in [-0.2, 0) is 9.84 Å². The molecule has 1 rings (SSSR count). The quantitative estimate of drug-likeness (QED) is 0.905. The molecule has 5 heteroatoms. The Bertz CT molecular complexity index is 520. The highest BCUT2D eigenvalue weighted by Crippen LogP contribution is 2.24. The van der Waals surface area contributed by atoms with Gasteiger partial charge in [-0.05, 0) is 24.1 Å². The van der Waals surface area contributed by atoms with Crippen LogP contribution in [0.15, 0.2) is 29.2 Å². The lowest BCUT2D eigenvalue weighted by Crippen LogP contribution is -2.45. The first-order chi connectivity index (χ1) is 8.68. The summed E-state index contributed by atoms with van der Waals surface area (Å²) >= 11 is 0. The second kappa shape index (κ2) is 6.01. The van der Waals surface area contributed by atoms with Crippen molar-refractivity contribution in [2.75, 3.05) is 12.3 Å². The summed E-state index contributed by atoms with van der Waals surface area (Å²) in [6.07, 6.45) is 0. The van der Waals surface area contributed by atoms with Crippen LogP contribution in [0.4, 0.5) is 4.39 Å². The first kappa shape index (κ1) is 16.1. The van der Waals surface area contributed by atoms with Crippen LogP contribution in [0.3, 0.4) is 0 Å². The maximum atomic E-state index is 13.6. The van der Waals surface area contributed by atoms with Gasteiger partial charge in [0.25, 0.3) is 0 Å². The van der Waals surface area contributed by atoms with E-state index in [9.17, 15) is 12.8 Å². The van der Waals surface area contributed by atoms with Gasteiger partial charge in [-0.25, -0.2) is 12.8 Å². The van der Waals surface area contributed by atoms with Gasteiger partial charge in [-0.1, -0.05) is 39.8 Å². The molecule has 0 aliphatic heterocycles. The maximum Gasteiger partial charge on any atom is 0.182 e. The van der Waals surface area contributed by atoms with Gasteiger partial charge in [0.15, 0.2) is 9.84 Å². The fourth-order valence-electron chi connectivity index (χ4n) is 1.87. The molecule has 1 aromatic rings. The SMILES string of the molecule is CCNC(CS(=O)(=O)c1ccccc1F)C(C)(C)C. The summed E-state index contributed by atoms with van der Waals surface area (Å²) in [4.78, 5) is -0.220. The summed E-state index contributed by atoms with van der Waals surface area (Å²) in [6, 6.07) is 5.29. The minimum atomic E-state index is -3.63. The molecular weight excluding hydrogens is 265 g/mol. The van der Waals surface area contributed by atoms with Crippen molar-refractivity contribution >= 4 is 9.84 Å². The van der Waals surface area contributed by atoms with Gasteiger partial charge in [0.1, 0.15) is 10.7 Å². The summed E-state index contributed by atoms with van der Waals surface area (Å²) in [6.45, 7) is 8.51. The zero-order valence-corrected chi connectivity index (χ0v) is 12.7. The third-order valence-electron chi connectivity index (χ3n) is 3.05. The predicted molar refractivity (Wildman–Crippen MR) is 75.4 cm³/mol. The minimum Gasteiger partial charge on any atom is -0.313 e. The molecule has 0 spiro atoms. The van der Waals surface area contributed by atoms with E-state index in [1.807, 2.05) is 27.7 Å². The molecule has 0 aliphatic rings. The van der Waals surface area contributed by atoms with Gasteiger partial charge in [0.2, 0.25) is 0 Å². The molecule has 0 heterocycles. The molecular formula is C14H22FNO2S. The molecule has 0 fully saturated rings.